The molecule has 23 heavy (non-hydrogen) atoms. The molecule has 0 aliphatic carbocycles. The van der Waals surface area contributed by atoms with Crippen molar-refractivity contribution in [1.82, 2.24) is 0 Å². The Morgan fingerprint density at radius 2 is 1.04 bits per heavy atom. The van der Waals surface area contributed by atoms with E-state index in [1.54, 1.807) is 0 Å². The number of rotatable bonds is 16. The summed E-state index contributed by atoms with van der Waals surface area (Å²) in [6, 6.07) is 0. The molecule has 0 aromatic rings. The van der Waals surface area contributed by atoms with Gasteiger partial charge in [-0.25, -0.2) is 0 Å². The number of unbranched alkanes of at least 4 members (excludes halogenated alkanes) is 8. The van der Waals surface area contributed by atoms with Gasteiger partial charge >= 0.3 is 8.56 Å². The van der Waals surface area contributed by atoms with Gasteiger partial charge in [-0.3, -0.25) is 0 Å². The molecule has 0 bridgehead atoms. The normalized spacial score (nSPS) is 12.7. The van der Waals surface area contributed by atoms with E-state index in [1.807, 2.05) is 0 Å². The molecule has 0 N–H and O–H groups in total. The molecule has 0 fully saturated rings. The van der Waals surface area contributed by atoms with Crippen LogP contribution >= 0.6 is 0 Å². The zero-order valence-corrected chi connectivity index (χ0v) is 17.1. The Balaban J connectivity index is 4.48. The Labute approximate surface area is 146 Å². The van der Waals surface area contributed by atoms with Crippen LogP contribution in [0.2, 0.25) is 0 Å². The molecule has 0 rings (SSSR count). The lowest BCUT2D eigenvalue weighted by Gasteiger charge is -2.23. The lowest BCUT2D eigenvalue weighted by atomic mass is 10.2. The van der Waals surface area contributed by atoms with Crippen molar-refractivity contribution < 1.29 is 8.85 Å². The molecule has 0 aliphatic rings. The van der Waals surface area contributed by atoms with Gasteiger partial charge in [0.1, 0.15) is 0 Å². The second-order valence-corrected chi connectivity index (χ2v) is 8.78. The highest BCUT2D eigenvalue weighted by Gasteiger charge is 2.30. The average molecular weight is 341 g/mol. The maximum atomic E-state index is 6.07. The highest BCUT2D eigenvalue weighted by molar-refractivity contribution is 6.77. The molecule has 3 heteroatoms. The van der Waals surface area contributed by atoms with E-state index in [0.717, 1.165) is 12.8 Å². The third kappa shape index (κ3) is 12.7. The van der Waals surface area contributed by atoms with Crippen LogP contribution in [0, 0.1) is 0 Å². The molecule has 0 amide bonds. The van der Waals surface area contributed by atoms with Gasteiger partial charge in [-0.1, -0.05) is 64.5 Å². The SMILES string of the molecule is CCCCCCC=C[Si](C=CCCCCCC)(OCC)OCC. The summed E-state index contributed by atoms with van der Waals surface area (Å²) in [5, 5.41) is 0. The minimum absolute atomic E-state index is 0.715. The zero-order chi connectivity index (χ0) is 17.2. The molecule has 0 saturated carbocycles. The van der Waals surface area contributed by atoms with Crippen molar-refractivity contribution in [3.05, 3.63) is 23.6 Å². The van der Waals surface area contributed by atoms with E-state index in [1.165, 1.54) is 51.4 Å². The van der Waals surface area contributed by atoms with E-state index in [-0.39, 0.29) is 0 Å². The smallest absolute Gasteiger partial charge is 0.389 e. The average Bonchev–Trinajstić information content (AvgIpc) is 2.54. The lowest BCUT2D eigenvalue weighted by molar-refractivity contribution is 0.206. The van der Waals surface area contributed by atoms with Gasteiger partial charge in [0.05, 0.1) is 0 Å². The molecule has 0 heterocycles. The summed E-state index contributed by atoms with van der Waals surface area (Å²) in [4.78, 5) is 0. The van der Waals surface area contributed by atoms with Crippen LogP contribution in [0.5, 0.6) is 0 Å². The fraction of sp³-hybridized carbons (Fsp3) is 0.800. The van der Waals surface area contributed by atoms with E-state index in [4.69, 9.17) is 8.85 Å². The van der Waals surface area contributed by atoms with Gasteiger partial charge in [0, 0.05) is 13.2 Å². The van der Waals surface area contributed by atoms with Gasteiger partial charge < -0.3 is 8.85 Å². The zero-order valence-electron chi connectivity index (χ0n) is 16.1. The minimum Gasteiger partial charge on any atom is -0.389 e. The van der Waals surface area contributed by atoms with Crippen LogP contribution in [-0.2, 0) is 8.85 Å². The predicted molar refractivity (Wildman–Crippen MR) is 105 cm³/mol. The molecular formula is C20H40O2Si. The molecule has 0 radical (unpaired) electrons. The highest BCUT2D eigenvalue weighted by Crippen LogP contribution is 2.15. The van der Waals surface area contributed by atoms with Crippen LogP contribution in [0.25, 0.3) is 0 Å². The molecular weight excluding hydrogens is 300 g/mol. The van der Waals surface area contributed by atoms with Crippen molar-refractivity contribution in [2.75, 3.05) is 13.2 Å². The first-order valence-electron chi connectivity index (χ1n) is 9.87. The molecule has 0 saturated heterocycles. The number of hydrogen-bond acceptors (Lipinski definition) is 2. The molecule has 0 atom stereocenters. The fourth-order valence-corrected chi connectivity index (χ4v) is 5.09. The number of allylic oxidation sites excluding steroid dienone is 2. The van der Waals surface area contributed by atoms with Crippen molar-refractivity contribution in [3.8, 4) is 0 Å². The molecule has 0 spiro atoms. The first kappa shape index (κ1) is 22.6. The summed E-state index contributed by atoms with van der Waals surface area (Å²) < 4.78 is 12.1. The monoisotopic (exact) mass is 340 g/mol. The first-order chi connectivity index (χ1) is 11.2. The molecule has 0 aliphatic heterocycles. The largest absolute Gasteiger partial charge is 0.391 e. The quantitative estimate of drug-likeness (QED) is 0.232. The van der Waals surface area contributed by atoms with Crippen LogP contribution < -0.4 is 0 Å². The first-order valence-corrected chi connectivity index (χ1v) is 11.8. The van der Waals surface area contributed by atoms with E-state index in [2.05, 4.69) is 51.2 Å². The van der Waals surface area contributed by atoms with Gasteiger partial charge in [0.15, 0.2) is 0 Å². The van der Waals surface area contributed by atoms with Crippen molar-refractivity contribution >= 4 is 8.56 Å². The highest BCUT2D eigenvalue weighted by atomic mass is 28.4. The van der Waals surface area contributed by atoms with Gasteiger partial charge in [0.2, 0.25) is 0 Å². The Hall–Kier alpha value is -0.383. The van der Waals surface area contributed by atoms with Crippen LogP contribution in [-0.4, -0.2) is 21.8 Å². The lowest BCUT2D eigenvalue weighted by Crippen LogP contribution is -2.39. The van der Waals surface area contributed by atoms with E-state index in [9.17, 15) is 0 Å². The predicted octanol–water partition coefficient (Wildman–Crippen LogP) is 6.63. The standard InChI is InChI=1S/C20H40O2Si/c1-5-9-11-13-15-17-19-23(21-7-3,22-8-4)20-18-16-14-12-10-6-2/h17-20H,5-16H2,1-4H3. The minimum atomic E-state index is -2.29. The summed E-state index contributed by atoms with van der Waals surface area (Å²) in [5.41, 5.74) is 4.49. The molecule has 0 aromatic heterocycles. The van der Waals surface area contributed by atoms with Crippen LogP contribution in [0.3, 0.4) is 0 Å². The summed E-state index contributed by atoms with van der Waals surface area (Å²) >= 11 is 0. The maximum absolute atomic E-state index is 6.07. The van der Waals surface area contributed by atoms with E-state index in [0.29, 0.717) is 13.2 Å². The maximum Gasteiger partial charge on any atom is 0.391 e. The molecule has 0 aromatic carbocycles. The van der Waals surface area contributed by atoms with Gasteiger partial charge in [-0.15, -0.1) is 0 Å². The van der Waals surface area contributed by atoms with Crippen molar-refractivity contribution in [1.29, 1.82) is 0 Å². The van der Waals surface area contributed by atoms with E-state index >= 15 is 0 Å². The summed E-state index contributed by atoms with van der Waals surface area (Å²) in [6.45, 7) is 10.1. The van der Waals surface area contributed by atoms with E-state index < -0.39 is 8.56 Å². The third-order valence-electron chi connectivity index (χ3n) is 3.89. The molecule has 2 nitrogen and oxygen atoms in total. The molecule has 136 valence electrons. The summed E-state index contributed by atoms with van der Waals surface area (Å²) in [6.07, 6.45) is 17.3. The Morgan fingerprint density at radius 3 is 1.39 bits per heavy atom. The summed E-state index contributed by atoms with van der Waals surface area (Å²) in [5.74, 6) is 0. The molecule has 0 unspecified atom stereocenters. The van der Waals surface area contributed by atoms with Gasteiger partial charge in [-0.2, -0.15) is 0 Å². The second kappa shape index (κ2) is 16.5. The topological polar surface area (TPSA) is 18.5 Å². The fourth-order valence-electron chi connectivity index (χ4n) is 2.61. The number of hydrogen-bond donors (Lipinski definition) is 0. The van der Waals surface area contributed by atoms with Gasteiger partial charge in [0.25, 0.3) is 0 Å². The Kier molecular flexibility index (Phi) is 16.2. The summed E-state index contributed by atoms with van der Waals surface area (Å²) in [7, 11) is -2.29. The van der Waals surface area contributed by atoms with Gasteiger partial charge in [-0.05, 0) is 50.9 Å². The van der Waals surface area contributed by atoms with Crippen LogP contribution in [0.15, 0.2) is 23.6 Å². The van der Waals surface area contributed by atoms with Crippen molar-refractivity contribution in [2.24, 2.45) is 0 Å². The Morgan fingerprint density at radius 1 is 0.609 bits per heavy atom. The van der Waals surface area contributed by atoms with Crippen molar-refractivity contribution in [3.63, 3.8) is 0 Å². The van der Waals surface area contributed by atoms with Crippen LogP contribution in [0.1, 0.15) is 91.9 Å². The van der Waals surface area contributed by atoms with Crippen molar-refractivity contribution in [2.45, 2.75) is 91.9 Å². The Bertz CT molecular complexity index is 270. The van der Waals surface area contributed by atoms with Crippen LogP contribution in [0.4, 0.5) is 0 Å². The second-order valence-electron chi connectivity index (χ2n) is 6.09. The third-order valence-corrected chi connectivity index (χ3v) is 6.77.